The van der Waals surface area contributed by atoms with Crippen molar-refractivity contribution in [2.75, 3.05) is 23.3 Å². The number of fused-ring (bicyclic) bond motifs is 1. The Balaban J connectivity index is 1.58. The van der Waals surface area contributed by atoms with Crippen LogP contribution in [0.1, 0.15) is 55.9 Å². The monoisotopic (exact) mass is 418 g/mol. The van der Waals surface area contributed by atoms with Crippen LogP contribution in [0.4, 0.5) is 11.4 Å². The standard InChI is InChI=1S/C25H30N4O2/c1-2-3-7-18-29-25(31)22-11-6-5-10-21(22)23(27-29)24(30)26-19-12-14-20(15-13-19)28-16-8-4-9-17-28/h5-6,10-15H,2-4,7-9,16-18H2,1H3,(H,26,30). The van der Waals surface area contributed by atoms with E-state index in [1.54, 1.807) is 12.1 Å². The molecule has 0 saturated carbocycles. The number of anilines is 2. The van der Waals surface area contributed by atoms with E-state index in [4.69, 9.17) is 0 Å². The SMILES string of the molecule is CCCCCn1nc(C(=O)Nc2ccc(N3CCCCC3)cc2)c2ccccc2c1=O. The highest BCUT2D eigenvalue weighted by molar-refractivity contribution is 6.11. The highest BCUT2D eigenvalue weighted by Gasteiger charge is 2.17. The smallest absolute Gasteiger partial charge is 0.276 e. The second kappa shape index (κ2) is 9.77. The molecule has 0 aliphatic carbocycles. The number of aryl methyl sites for hydroxylation is 1. The molecule has 0 unspecified atom stereocenters. The maximum absolute atomic E-state index is 13.1. The number of unbranched alkanes of at least 4 members (excludes halogenated alkanes) is 2. The van der Waals surface area contributed by atoms with Crippen LogP contribution in [0.3, 0.4) is 0 Å². The van der Waals surface area contributed by atoms with Gasteiger partial charge in [0.25, 0.3) is 11.5 Å². The van der Waals surface area contributed by atoms with Crippen molar-refractivity contribution in [1.29, 1.82) is 0 Å². The minimum absolute atomic E-state index is 0.144. The molecule has 2 aromatic carbocycles. The molecule has 1 aliphatic heterocycles. The second-order valence-corrected chi connectivity index (χ2v) is 8.18. The molecule has 3 aromatic rings. The molecular weight excluding hydrogens is 388 g/mol. The van der Waals surface area contributed by atoms with Crippen LogP contribution < -0.4 is 15.8 Å². The molecule has 1 aliphatic rings. The van der Waals surface area contributed by atoms with Gasteiger partial charge in [0.2, 0.25) is 0 Å². The van der Waals surface area contributed by atoms with Gasteiger partial charge in [-0.2, -0.15) is 5.10 Å². The molecule has 1 aromatic heterocycles. The number of rotatable bonds is 7. The molecular formula is C25H30N4O2. The van der Waals surface area contributed by atoms with Crippen LogP contribution >= 0.6 is 0 Å². The van der Waals surface area contributed by atoms with E-state index < -0.39 is 0 Å². The average molecular weight is 419 g/mol. The van der Waals surface area contributed by atoms with Gasteiger partial charge in [0.05, 0.1) is 5.39 Å². The van der Waals surface area contributed by atoms with Crippen molar-refractivity contribution in [2.24, 2.45) is 0 Å². The highest BCUT2D eigenvalue weighted by atomic mass is 16.2. The summed E-state index contributed by atoms with van der Waals surface area (Å²) in [6.07, 6.45) is 6.69. The van der Waals surface area contributed by atoms with E-state index in [9.17, 15) is 9.59 Å². The van der Waals surface area contributed by atoms with E-state index in [-0.39, 0.29) is 17.2 Å². The Bertz CT molecular complexity index is 1100. The molecule has 1 amide bonds. The first kappa shape index (κ1) is 21.1. The maximum atomic E-state index is 13.1. The summed E-state index contributed by atoms with van der Waals surface area (Å²) in [5, 5.41) is 8.51. The van der Waals surface area contributed by atoms with Crippen LogP contribution in [0.2, 0.25) is 0 Å². The lowest BCUT2D eigenvalue weighted by Crippen LogP contribution is -2.29. The minimum Gasteiger partial charge on any atom is -0.372 e. The van der Waals surface area contributed by atoms with Gasteiger partial charge < -0.3 is 10.2 Å². The van der Waals surface area contributed by atoms with Crippen LogP contribution in [-0.4, -0.2) is 28.8 Å². The highest BCUT2D eigenvalue weighted by Crippen LogP contribution is 2.22. The number of nitrogens with one attached hydrogen (secondary N) is 1. The zero-order chi connectivity index (χ0) is 21.6. The molecule has 0 atom stereocenters. The van der Waals surface area contributed by atoms with Crippen molar-refractivity contribution >= 4 is 28.1 Å². The molecule has 1 fully saturated rings. The van der Waals surface area contributed by atoms with Gasteiger partial charge in [-0.15, -0.1) is 0 Å². The number of piperidine rings is 1. The number of nitrogens with zero attached hydrogens (tertiary/aromatic N) is 3. The summed E-state index contributed by atoms with van der Waals surface area (Å²) in [5.74, 6) is -0.300. The predicted molar refractivity (Wildman–Crippen MR) is 126 cm³/mol. The van der Waals surface area contributed by atoms with Gasteiger partial charge in [-0.25, -0.2) is 4.68 Å². The van der Waals surface area contributed by atoms with Gasteiger partial charge in [0.1, 0.15) is 0 Å². The molecule has 6 nitrogen and oxygen atoms in total. The summed E-state index contributed by atoms with van der Waals surface area (Å²) in [6, 6.07) is 15.2. The number of carbonyl (C=O) groups is 1. The van der Waals surface area contributed by atoms with Gasteiger partial charge in [-0.3, -0.25) is 9.59 Å². The van der Waals surface area contributed by atoms with Crippen molar-refractivity contribution in [1.82, 2.24) is 9.78 Å². The number of carbonyl (C=O) groups excluding carboxylic acids is 1. The van der Waals surface area contributed by atoms with Gasteiger partial charge in [0, 0.05) is 36.4 Å². The van der Waals surface area contributed by atoms with E-state index in [2.05, 4.69) is 34.4 Å². The Labute approximate surface area is 182 Å². The molecule has 0 bridgehead atoms. The van der Waals surface area contributed by atoms with Gasteiger partial charge in [-0.05, 0) is 56.0 Å². The average Bonchev–Trinajstić information content (AvgIpc) is 2.82. The summed E-state index contributed by atoms with van der Waals surface area (Å²) < 4.78 is 1.44. The summed E-state index contributed by atoms with van der Waals surface area (Å²) in [4.78, 5) is 28.3. The van der Waals surface area contributed by atoms with Gasteiger partial charge in [-0.1, -0.05) is 38.0 Å². The summed E-state index contributed by atoms with van der Waals surface area (Å²) in [6.45, 7) is 4.80. The first-order chi connectivity index (χ1) is 15.2. The number of benzene rings is 2. The predicted octanol–water partition coefficient (Wildman–Crippen LogP) is 4.83. The number of aromatic nitrogens is 2. The molecule has 162 valence electrons. The zero-order valence-corrected chi connectivity index (χ0v) is 18.1. The number of hydrogen-bond donors (Lipinski definition) is 1. The summed E-state index contributed by atoms with van der Waals surface area (Å²) >= 11 is 0. The van der Waals surface area contributed by atoms with Gasteiger partial charge in [0.15, 0.2) is 5.69 Å². The molecule has 6 heteroatoms. The van der Waals surface area contributed by atoms with E-state index in [1.165, 1.54) is 29.6 Å². The molecule has 31 heavy (non-hydrogen) atoms. The van der Waals surface area contributed by atoms with Crippen molar-refractivity contribution in [3.05, 3.63) is 64.6 Å². The fraction of sp³-hybridized carbons (Fsp3) is 0.400. The Hall–Kier alpha value is -3.15. The van der Waals surface area contributed by atoms with E-state index >= 15 is 0 Å². The summed E-state index contributed by atoms with van der Waals surface area (Å²) in [5.41, 5.74) is 2.05. The Morgan fingerprint density at radius 2 is 1.68 bits per heavy atom. The first-order valence-corrected chi connectivity index (χ1v) is 11.3. The lowest BCUT2D eigenvalue weighted by atomic mass is 10.1. The maximum Gasteiger partial charge on any atom is 0.276 e. The fourth-order valence-electron chi connectivity index (χ4n) is 4.16. The van der Waals surface area contributed by atoms with Crippen LogP contribution in [0.15, 0.2) is 53.3 Å². The molecule has 1 N–H and O–H groups in total. The van der Waals surface area contributed by atoms with E-state index in [1.807, 2.05) is 24.3 Å². The third-order valence-electron chi connectivity index (χ3n) is 5.90. The van der Waals surface area contributed by atoms with Gasteiger partial charge >= 0.3 is 0 Å². The summed E-state index contributed by atoms with van der Waals surface area (Å²) in [7, 11) is 0. The Kier molecular flexibility index (Phi) is 6.65. The number of amides is 1. The van der Waals surface area contributed by atoms with Crippen LogP contribution in [0.25, 0.3) is 10.8 Å². The lowest BCUT2D eigenvalue weighted by Gasteiger charge is -2.28. The molecule has 0 spiro atoms. The van der Waals surface area contributed by atoms with Crippen LogP contribution in [0, 0.1) is 0 Å². The van der Waals surface area contributed by atoms with Crippen molar-refractivity contribution in [2.45, 2.75) is 52.0 Å². The normalized spacial score (nSPS) is 14.0. The third-order valence-corrected chi connectivity index (χ3v) is 5.90. The molecule has 1 saturated heterocycles. The van der Waals surface area contributed by atoms with Crippen molar-refractivity contribution < 1.29 is 4.79 Å². The van der Waals surface area contributed by atoms with Crippen LogP contribution in [0.5, 0.6) is 0 Å². The topological polar surface area (TPSA) is 67.2 Å². The number of hydrogen-bond acceptors (Lipinski definition) is 4. The first-order valence-electron chi connectivity index (χ1n) is 11.3. The van der Waals surface area contributed by atoms with Crippen molar-refractivity contribution in [3.8, 4) is 0 Å². The van der Waals surface area contributed by atoms with E-state index in [0.29, 0.717) is 17.3 Å². The Morgan fingerprint density at radius 1 is 0.968 bits per heavy atom. The van der Waals surface area contributed by atoms with Crippen LogP contribution in [-0.2, 0) is 6.54 Å². The molecule has 2 heterocycles. The third kappa shape index (κ3) is 4.79. The molecule has 0 radical (unpaired) electrons. The van der Waals surface area contributed by atoms with Crippen molar-refractivity contribution in [3.63, 3.8) is 0 Å². The minimum atomic E-state index is -0.300. The second-order valence-electron chi connectivity index (χ2n) is 8.18. The lowest BCUT2D eigenvalue weighted by molar-refractivity contribution is 0.102. The largest absolute Gasteiger partial charge is 0.372 e. The Morgan fingerprint density at radius 3 is 2.39 bits per heavy atom. The zero-order valence-electron chi connectivity index (χ0n) is 18.1. The quantitative estimate of drug-likeness (QED) is 0.558. The molecule has 4 rings (SSSR count). The fourth-order valence-corrected chi connectivity index (χ4v) is 4.16. The van der Waals surface area contributed by atoms with E-state index in [0.717, 1.165) is 38.0 Å².